The Morgan fingerprint density at radius 1 is 1.43 bits per heavy atom. The van der Waals surface area contributed by atoms with Crippen molar-refractivity contribution in [2.75, 3.05) is 6.26 Å². The van der Waals surface area contributed by atoms with Gasteiger partial charge in [-0.1, -0.05) is 6.92 Å². The quantitative estimate of drug-likeness (QED) is 0.563. The predicted octanol–water partition coefficient (Wildman–Crippen LogP) is 2.22. The van der Waals surface area contributed by atoms with E-state index in [0.29, 0.717) is 18.4 Å². The second-order valence-corrected chi connectivity index (χ2v) is 4.38. The van der Waals surface area contributed by atoms with Gasteiger partial charge in [-0.25, -0.2) is 0 Å². The van der Waals surface area contributed by atoms with E-state index in [1.807, 2.05) is 0 Å². The summed E-state index contributed by atoms with van der Waals surface area (Å²) in [6.07, 6.45) is 2.70. The number of hydrogen-bond donors (Lipinski definition) is 0. The monoisotopic (exact) mass is 209 g/mol. The third-order valence-corrected chi connectivity index (χ3v) is 2.85. The second-order valence-electron chi connectivity index (χ2n) is 3.01. The van der Waals surface area contributed by atoms with Crippen molar-refractivity contribution in [3.8, 4) is 0 Å². The van der Waals surface area contributed by atoms with Crippen molar-refractivity contribution < 1.29 is 9.35 Å². The summed E-state index contributed by atoms with van der Waals surface area (Å²) in [6.45, 7) is 3.63. The molecule has 1 radical (unpaired) electrons. The van der Waals surface area contributed by atoms with Crippen LogP contribution in [0.15, 0.2) is 29.2 Å². The lowest BCUT2D eigenvalue weighted by molar-refractivity contribution is 0.0983. The Morgan fingerprint density at radius 3 is 2.43 bits per heavy atom. The Kier molecular flexibility index (Phi) is 4.17. The van der Waals surface area contributed by atoms with Crippen LogP contribution < -0.4 is 0 Å². The van der Waals surface area contributed by atoms with Gasteiger partial charge < -0.3 is 4.55 Å². The van der Waals surface area contributed by atoms with Crippen LogP contribution in [0.4, 0.5) is 0 Å². The molecule has 0 aliphatic heterocycles. The van der Waals surface area contributed by atoms with Gasteiger partial charge >= 0.3 is 0 Å². The molecule has 0 aliphatic rings. The van der Waals surface area contributed by atoms with Crippen LogP contribution in [0.2, 0.25) is 0 Å². The lowest BCUT2D eigenvalue weighted by atomic mass is 10.1. The standard InChI is InChI=1S/C11H13O2S/c1-3-4-11(12)9-5-7-10(8-6-9)14(2)13/h5-8H,1,3-4H2,2H3. The first-order chi connectivity index (χ1) is 6.65. The van der Waals surface area contributed by atoms with E-state index in [4.69, 9.17) is 0 Å². The van der Waals surface area contributed by atoms with Crippen LogP contribution in [0.5, 0.6) is 0 Å². The zero-order valence-corrected chi connectivity index (χ0v) is 8.97. The smallest absolute Gasteiger partial charge is 0.162 e. The van der Waals surface area contributed by atoms with Crippen LogP contribution in [0.1, 0.15) is 23.2 Å². The molecule has 0 N–H and O–H groups in total. The molecule has 2 nitrogen and oxygen atoms in total. The van der Waals surface area contributed by atoms with E-state index in [9.17, 15) is 9.35 Å². The topological polar surface area (TPSA) is 40.1 Å². The highest BCUT2D eigenvalue weighted by Gasteiger charge is 2.07. The number of hydrogen-bond acceptors (Lipinski definition) is 2. The molecule has 0 heterocycles. The number of carbonyl (C=O) groups excluding carboxylic acids is 1. The van der Waals surface area contributed by atoms with Crippen LogP contribution >= 0.6 is 0 Å². The van der Waals surface area contributed by atoms with Gasteiger partial charge in [-0.2, -0.15) is 0 Å². The average molecular weight is 209 g/mol. The number of benzene rings is 1. The summed E-state index contributed by atoms with van der Waals surface area (Å²) < 4.78 is 11.1. The first-order valence-electron chi connectivity index (χ1n) is 4.41. The maximum absolute atomic E-state index is 11.4. The highest BCUT2D eigenvalue weighted by Crippen LogP contribution is 2.12. The summed E-state index contributed by atoms with van der Waals surface area (Å²) >= 11 is -0.978. The number of rotatable bonds is 4. The third-order valence-electron chi connectivity index (χ3n) is 1.91. The number of ketones is 1. The van der Waals surface area contributed by atoms with Crippen LogP contribution in [0.3, 0.4) is 0 Å². The van der Waals surface area contributed by atoms with Gasteiger partial charge in [-0.15, -0.1) is 0 Å². The molecule has 0 saturated carbocycles. The predicted molar refractivity (Wildman–Crippen MR) is 57.7 cm³/mol. The molecule has 1 aromatic carbocycles. The fraction of sp³-hybridized carbons (Fsp3) is 0.273. The molecule has 75 valence electrons. The molecule has 14 heavy (non-hydrogen) atoms. The van der Waals surface area contributed by atoms with Crippen molar-refractivity contribution in [1.29, 1.82) is 0 Å². The maximum atomic E-state index is 11.4. The van der Waals surface area contributed by atoms with Gasteiger partial charge in [0, 0.05) is 12.0 Å². The highest BCUT2D eigenvalue weighted by molar-refractivity contribution is 7.90. The van der Waals surface area contributed by atoms with Gasteiger partial charge in [0.25, 0.3) is 0 Å². The molecule has 3 heteroatoms. The summed E-state index contributed by atoms with van der Waals surface area (Å²) in [5.41, 5.74) is 0.669. The minimum Gasteiger partial charge on any atom is -0.612 e. The molecule has 1 rings (SSSR count). The van der Waals surface area contributed by atoms with Crippen molar-refractivity contribution >= 4 is 17.0 Å². The number of Topliss-reactive ketones (excluding diaryl/α,β-unsaturated/α-hetero) is 1. The molecule has 0 saturated heterocycles. The summed E-state index contributed by atoms with van der Waals surface area (Å²) in [4.78, 5) is 12.2. The molecule has 0 aromatic heterocycles. The van der Waals surface area contributed by atoms with E-state index >= 15 is 0 Å². The molecule has 0 spiro atoms. The molecule has 0 bridgehead atoms. The summed E-state index contributed by atoms with van der Waals surface area (Å²) in [7, 11) is 0. The molecular weight excluding hydrogens is 196 g/mol. The first-order valence-corrected chi connectivity index (χ1v) is 5.97. The Balaban J connectivity index is 2.78. The Bertz CT molecular complexity index is 304. The Hall–Kier alpha value is -0.800. The fourth-order valence-electron chi connectivity index (χ4n) is 1.14. The van der Waals surface area contributed by atoms with Gasteiger partial charge in [0.05, 0.1) is 0 Å². The average Bonchev–Trinajstić information content (AvgIpc) is 2.18. The Labute approximate surface area is 87.5 Å². The summed E-state index contributed by atoms with van der Waals surface area (Å²) in [5.74, 6) is 0.0911. The van der Waals surface area contributed by atoms with Crippen molar-refractivity contribution in [2.24, 2.45) is 0 Å². The zero-order valence-electron chi connectivity index (χ0n) is 8.16. The molecule has 0 aliphatic carbocycles. The lowest BCUT2D eigenvalue weighted by Crippen LogP contribution is -2.00. The Morgan fingerprint density at radius 2 is 2.00 bits per heavy atom. The first kappa shape index (κ1) is 11.3. The van der Waals surface area contributed by atoms with E-state index in [-0.39, 0.29) is 5.78 Å². The normalized spacial score (nSPS) is 12.5. The third kappa shape index (κ3) is 2.86. The van der Waals surface area contributed by atoms with Crippen LogP contribution in [0.25, 0.3) is 0 Å². The van der Waals surface area contributed by atoms with E-state index in [1.165, 1.54) is 0 Å². The summed E-state index contributed by atoms with van der Waals surface area (Å²) in [5, 5.41) is 0. The lowest BCUT2D eigenvalue weighted by Gasteiger charge is -2.04. The van der Waals surface area contributed by atoms with E-state index in [2.05, 4.69) is 6.92 Å². The van der Waals surface area contributed by atoms with Gasteiger partial charge in [-0.3, -0.25) is 4.79 Å². The van der Waals surface area contributed by atoms with Crippen LogP contribution in [-0.4, -0.2) is 16.6 Å². The van der Waals surface area contributed by atoms with E-state index in [1.54, 1.807) is 30.5 Å². The van der Waals surface area contributed by atoms with Crippen molar-refractivity contribution in [2.45, 2.75) is 17.7 Å². The largest absolute Gasteiger partial charge is 0.612 e. The molecule has 1 atom stereocenters. The van der Waals surface area contributed by atoms with Crippen LogP contribution in [-0.2, 0) is 11.2 Å². The van der Waals surface area contributed by atoms with E-state index < -0.39 is 11.2 Å². The zero-order chi connectivity index (χ0) is 10.6. The number of carbonyl (C=O) groups is 1. The molecule has 0 amide bonds. The minimum atomic E-state index is -0.978. The molecule has 0 fully saturated rings. The molecular formula is C11H13O2S. The van der Waals surface area contributed by atoms with Crippen molar-refractivity contribution in [1.82, 2.24) is 0 Å². The van der Waals surface area contributed by atoms with Gasteiger partial charge in [0.2, 0.25) is 0 Å². The van der Waals surface area contributed by atoms with Gasteiger partial charge in [-0.05, 0) is 41.9 Å². The van der Waals surface area contributed by atoms with Gasteiger partial charge in [0.1, 0.15) is 6.26 Å². The second kappa shape index (κ2) is 5.17. The highest BCUT2D eigenvalue weighted by atomic mass is 32.2. The minimum absolute atomic E-state index is 0.0911. The fourth-order valence-corrected chi connectivity index (χ4v) is 1.66. The maximum Gasteiger partial charge on any atom is 0.162 e. The van der Waals surface area contributed by atoms with E-state index in [0.717, 1.165) is 4.90 Å². The summed E-state index contributed by atoms with van der Waals surface area (Å²) in [6, 6.07) is 6.89. The molecule has 1 aromatic rings. The van der Waals surface area contributed by atoms with Crippen LogP contribution in [0, 0.1) is 6.92 Å². The molecule has 1 unspecified atom stereocenters. The SMILES string of the molecule is [CH2]CCC(=O)c1ccc([S+](C)[O-])cc1. The van der Waals surface area contributed by atoms with Gasteiger partial charge in [0.15, 0.2) is 10.7 Å². The van der Waals surface area contributed by atoms with Crippen molar-refractivity contribution in [3.63, 3.8) is 0 Å². The van der Waals surface area contributed by atoms with Crippen molar-refractivity contribution in [3.05, 3.63) is 36.8 Å².